The number of fused-ring (bicyclic) bond motifs is 1. The summed E-state index contributed by atoms with van der Waals surface area (Å²) in [7, 11) is 0. The van der Waals surface area contributed by atoms with Gasteiger partial charge in [-0.1, -0.05) is 0 Å². The fourth-order valence-corrected chi connectivity index (χ4v) is 2.19. The molecule has 2 aromatic rings. The Bertz CT molecular complexity index is 568. The van der Waals surface area contributed by atoms with Crippen LogP contribution < -0.4 is 10.1 Å². The lowest BCUT2D eigenvalue weighted by molar-refractivity contribution is -0.107. The molecule has 19 heavy (non-hydrogen) atoms. The molecule has 1 atom stereocenters. The van der Waals surface area contributed by atoms with Crippen LogP contribution in [-0.2, 0) is 4.74 Å². The molecule has 1 saturated heterocycles. The van der Waals surface area contributed by atoms with Crippen LogP contribution in [0, 0.1) is 0 Å². The Balaban J connectivity index is 1.67. The van der Waals surface area contributed by atoms with E-state index >= 15 is 0 Å². The van der Waals surface area contributed by atoms with Crippen molar-refractivity contribution in [1.29, 1.82) is 0 Å². The van der Waals surface area contributed by atoms with Gasteiger partial charge in [-0.15, -0.1) is 0 Å². The van der Waals surface area contributed by atoms with Crippen molar-refractivity contribution in [2.24, 2.45) is 0 Å². The summed E-state index contributed by atoms with van der Waals surface area (Å²) >= 11 is 0. The lowest BCUT2D eigenvalue weighted by Crippen LogP contribution is -2.52. The van der Waals surface area contributed by atoms with E-state index in [1.807, 2.05) is 0 Å². The lowest BCUT2D eigenvalue weighted by atomic mass is 10.1. The van der Waals surface area contributed by atoms with E-state index in [2.05, 4.69) is 39.1 Å². The van der Waals surface area contributed by atoms with Crippen LogP contribution in [0.3, 0.4) is 0 Å². The van der Waals surface area contributed by atoms with Crippen molar-refractivity contribution in [2.45, 2.75) is 25.6 Å². The molecular formula is C12H17N5O2. The van der Waals surface area contributed by atoms with Gasteiger partial charge >= 0.3 is 0 Å². The number of nitrogens with zero attached hydrogens (tertiary/aromatic N) is 3. The summed E-state index contributed by atoms with van der Waals surface area (Å²) < 4.78 is 11.7. The molecule has 1 aliphatic rings. The summed E-state index contributed by atoms with van der Waals surface area (Å²) in [6.07, 6.45) is 3.04. The Kier molecular flexibility index (Phi) is 3.08. The molecule has 1 aliphatic heterocycles. The molecule has 0 aliphatic carbocycles. The van der Waals surface area contributed by atoms with E-state index in [1.165, 1.54) is 6.33 Å². The Morgan fingerprint density at radius 3 is 3.16 bits per heavy atom. The van der Waals surface area contributed by atoms with Gasteiger partial charge in [-0.3, -0.25) is 0 Å². The molecule has 0 saturated carbocycles. The summed E-state index contributed by atoms with van der Waals surface area (Å²) in [5, 5.41) is 3.34. The van der Waals surface area contributed by atoms with Crippen molar-refractivity contribution in [3.05, 3.63) is 12.7 Å². The van der Waals surface area contributed by atoms with Gasteiger partial charge in [-0.2, -0.15) is 4.98 Å². The molecule has 1 fully saturated rings. The second-order valence-corrected chi connectivity index (χ2v) is 5.22. The molecule has 3 heterocycles. The van der Waals surface area contributed by atoms with Crippen molar-refractivity contribution < 1.29 is 9.47 Å². The lowest BCUT2D eigenvalue weighted by Gasteiger charge is -2.36. The van der Waals surface area contributed by atoms with Crippen molar-refractivity contribution in [3.63, 3.8) is 0 Å². The maximum absolute atomic E-state index is 5.93. The molecule has 7 nitrogen and oxygen atoms in total. The molecule has 2 N–H and O–H groups in total. The first-order valence-corrected chi connectivity index (χ1v) is 6.29. The van der Waals surface area contributed by atoms with Crippen LogP contribution >= 0.6 is 0 Å². The fraction of sp³-hybridized carbons (Fsp3) is 0.583. The van der Waals surface area contributed by atoms with Gasteiger partial charge in [0.1, 0.15) is 24.6 Å². The molecule has 7 heteroatoms. The Hall–Kier alpha value is -1.73. The summed E-state index contributed by atoms with van der Waals surface area (Å²) in [4.78, 5) is 15.2. The van der Waals surface area contributed by atoms with Crippen molar-refractivity contribution in [1.82, 2.24) is 25.3 Å². The number of hydrogen-bond acceptors (Lipinski definition) is 6. The van der Waals surface area contributed by atoms with Crippen LogP contribution in [-0.4, -0.2) is 51.3 Å². The number of imidazole rings is 1. The van der Waals surface area contributed by atoms with Gasteiger partial charge in [0.25, 0.3) is 0 Å². The number of aromatic nitrogens is 4. The number of morpholine rings is 1. The van der Waals surface area contributed by atoms with Crippen molar-refractivity contribution in [3.8, 4) is 5.88 Å². The fourth-order valence-electron chi connectivity index (χ4n) is 2.19. The van der Waals surface area contributed by atoms with E-state index in [-0.39, 0.29) is 11.7 Å². The minimum Gasteiger partial charge on any atom is -0.473 e. The molecule has 3 rings (SSSR count). The van der Waals surface area contributed by atoms with Crippen molar-refractivity contribution in [2.75, 3.05) is 19.7 Å². The van der Waals surface area contributed by atoms with Gasteiger partial charge < -0.3 is 19.8 Å². The molecule has 1 unspecified atom stereocenters. The highest BCUT2D eigenvalue weighted by Crippen LogP contribution is 2.19. The number of H-pyrrole nitrogens is 1. The Morgan fingerprint density at radius 1 is 1.42 bits per heavy atom. The summed E-state index contributed by atoms with van der Waals surface area (Å²) in [5.41, 5.74) is 1.15. The number of aromatic amines is 1. The predicted molar refractivity (Wildman–Crippen MR) is 69.0 cm³/mol. The number of rotatable bonds is 3. The van der Waals surface area contributed by atoms with Crippen LogP contribution in [0.15, 0.2) is 12.7 Å². The van der Waals surface area contributed by atoms with Gasteiger partial charge in [0.15, 0.2) is 5.65 Å². The highest BCUT2D eigenvalue weighted by atomic mass is 16.6. The molecule has 2 aromatic heterocycles. The highest BCUT2D eigenvalue weighted by Gasteiger charge is 2.28. The van der Waals surface area contributed by atoms with E-state index in [4.69, 9.17) is 9.47 Å². The van der Waals surface area contributed by atoms with Gasteiger partial charge in [-0.05, 0) is 13.8 Å². The summed E-state index contributed by atoms with van der Waals surface area (Å²) in [6, 6.07) is 0. The first kappa shape index (κ1) is 12.3. The van der Waals surface area contributed by atoms with Crippen LogP contribution in [0.5, 0.6) is 5.88 Å². The molecule has 0 bridgehead atoms. The van der Waals surface area contributed by atoms with Crippen LogP contribution in [0.25, 0.3) is 11.2 Å². The molecular weight excluding hydrogens is 246 g/mol. The van der Waals surface area contributed by atoms with Crippen LogP contribution in [0.2, 0.25) is 0 Å². The maximum Gasteiger partial charge on any atom is 0.243 e. The zero-order valence-corrected chi connectivity index (χ0v) is 11.0. The number of hydrogen-bond donors (Lipinski definition) is 2. The minimum atomic E-state index is -0.165. The molecule has 0 aromatic carbocycles. The average molecular weight is 263 g/mol. The summed E-state index contributed by atoms with van der Waals surface area (Å²) in [5.74, 6) is 0.509. The van der Waals surface area contributed by atoms with E-state index in [9.17, 15) is 0 Å². The molecule has 0 amide bonds. The van der Waals surface area contributed by atoms with Crippen LogP contribution in [0.4, 0.5) is 0 Å². The first-order valence-electron chi connectivity index (χ1n) is 6.29. The number of nitrogens with one attached hydrogen (secondary N) is 2. The van der Waals surface area contributed by atoms with E-state index in [1.54, 1.807) is 6.33 Å². The highest BCUT2D eigenvalue weighted by molar-refractivity contribution is 5.74. The van der Waals surface area contributed by atoms with E-state index in [0.29, 0.717) is 23.7 Å². The molecule has 102 valence electrons. The average Bonchev–Trinajstić information content (AvgIpc) is 2.84. The van der Waals surface area contributed by atoms with Gasteiger partial charge in [0, 0.05) is 13.1 Å². The molecule has 0 radical (unpaired) electrons. The minimum absolute atomic E-state index is 0.0108. The largest absolute Gasteiger partial charge is 0.473 e. The zero-order chi connectivity index (χ0) is 13.3. The third kappa shape index (κ3) is 2.66. The smallest absolute Gasteiger partial charge is 0.243 e. The topological polar surface area (TPSA) is 85.0 Å². The normalized spacial score (nSPS) is 22.5. The Labute approximate surface area is 110 Å². The number of ether oxygens (including phenoxy) is 2. The summed E-state index contributed by atoms with van der Waals surface area (Å²) in [6.45, 7) is 6.19. The second-order valence-electron chi connectivity index (χ2n) is 5.22. The van der Waals surface area contributed by atoms with Crippen LogP contribution in [0.1, 0.15) is 13.8 Å². The van der Waals surface area contributed by atoms with Gasteiger partial charge in [0.2, 0.25) is 5.88 Å². The maximum atomic E-state index is 5.93. The molecule has 0 spiro atoms. The van der Waals surface area contributed by atoms with E-state index in [0.717, 1.165) is 13.1 Å². The zero-order valence-electron chi connectivity index (χ0n) is 11.0. The SMILES string of the molecule is CC1(C)CNCC(COc2ncnc3nc[nH]c23)O1. The van der Waals surface area contributed by atoms with E-state index < -0.39 is 0 Å². The third-order valence-corrected chi connectivity index (χ3v) is 3.00. The second kappa shape index (κ2) is 4.75. The third-order valence-electron chi connectivity index (χ3n) is 3.00. The Morgan fingerprint density at radius 2 is 2.32 bits per heavy atom. The first-order chi connectivity index (χ1) is 9.14. The standard InChI is InChI=1S/C12H17N5O2/c1-12(2)5-13-3-8(19-12)4-18-11-9-10(15-6-14-9)16-7-17-11/h6-8,13H,3-5H2,1-2H3,(H,14,15,16,17). The quantitative estimate of drug-likeness (QED) is 0.838. The van der Waals surface area contributed by atoms with Gasteiger partial charge in [0.05, 0.1) is 11.9 Å². The predicted octanol–water partition coefficient (Wildman–Crippen LogP) is 0.499. The monoisotopic (exact) mass is 263 g/mol. The van der Waals surface area contributed by atoms with Crippen molar-refractivity contribution >= 4 is 11.2 Å². The van der Waals surface area contributed by atoms with Gasteiger partial charge in [-0.25, -0.2) is 9.97 Å².